The summed E-state index contributed by atoms with van der Waals surface area (Å²) in [6.45, 7) is -0.217. The lowest BCUT2D eigenvalue weighted by molar-refractivity contribution is -0.118. The molecule has 0 fully saturated rings. The maximum Gasteiger partial charge on any atom is 0.287 e. The number of anilines is 2. The summed E-state index contributed by atoms with van der Waals surface area (Å²) in [5.74, 6) is -0.724. The van der Waals surface area contributed by atoms with Crippen molar-refractivity contribution < 1.29 is 19.1 Å². The summed E-state index contributed by atoms with van der Waals surface area (Å²) in [6.07, 6.45) is 0. The van der Waals surface area contributed by atoms with Gasteiger partial charge in [-0.3, -0.25) is 19.3 Å². The lowest BCUT2D eigenvalue weighted by Gasteiger charge is -2.17. The van der Waals surface area contributed by atoms with E-state index in [9.17, 15) is 14.4 Å². The molecule has 0 saturated carbocycles. The SMILES string of the molecule is COc1ccc(NC(=O)CN2C(=O)/C(=C3/SC(N)=NC3=O)c3cc(Br)ccc32)cc1. The second-order valence-electron chi connectivity index (χ2n) is 6.39. The number of carbonyl (C=O) groups is 3. The Morgan fingerprint density at radius 1 is 1.23 bits per heavy atom. The maximum absolute atomic E-state index is 13.2. The third kappa shape index (κ3) is 3.71. The summed E-state index contributed by atoms with van der Waals surface area (Å²) in [4.78, 5) is 43.2. The number of fused-ring (bicyclic) bond motifs is 1. The average Bonchev–Trinajstić information content (AvgIpc) is 3.17. The van der Waals surface area contributed by atoms with Gasteiger partial charge >= 0.3 is 0 Å². The number of carbonyl (C=O) groups excluding carboxylic acids is 3. The minimum absolute atomic E-state index is 0.0857. The number of ether oxygens (including phenoxy) is 1. The molecule has 2 aliphatic rings. The van der Waals surface area contributed by atoms with Crippen molar-refractivity contribution in [3.8, 4) is 5.75 Å². The highest BCUT2D eigenvalue weighted by atomic mass is 79.9. The molecule has 8 nitrogen and oxygen atoms in total. The number of amides is 3. The van der Waals surface area contributed by atoms with E-state index in [0.29, 0.717) is 22.7 Å². The molecule has 3 amide bonds. The molecule has 2 aromatic carbocycles. The fraction of sp³-hybridized carbons (Fsp3) is 0.100. The summed E-state index contributed by atoms with van der Waals surface area (Å²) in [5, 5.41) is 2.84. The summed E-state index contributed by atoms with van der Waals surface area (Å²) in [7, 11) is 1.56. The normalized spacial score (nSPS) is 17.8. The summed E-state index contributed by atoms with van der Waals surface area (Å²) in [5.41, 5.74) is 7.51. The average molecular weight is 487 g/mol. The number of halogens is 1. The molecule has 2 aliphatic heterocycles. The fourth-order valence-corrected chi connectivity index (χ4v) is 4.31. The number of methoxy groups -OCH3 is 1. The standard InChI is InChI=1S/C20H15BrN4O4S/c1-29-12-5-3-11(4-6-12)23-15(26)9-25-14-7-2-10(21)8-13(14)16(19(25)28)17-18(27)24-20(22)30-17/h2-8H,9H2,1H3,(H,23,26)(H2,22,24,27)/b17-16+. The Kier molecular flexibility index (Phi) is 5.35. The van der Waals surface area contributed by atoms with Gasteiger partial charge in [-0.15, -0.1) is 0 Å². The molecule has 4 rings (SSSR count). The Bertz CT molecular complexity index is 1140. The van der Waals surface area contributed by atoms with Crippen molar-refractivity contribution in [1.82, 2.24) is 0 Å². The maximum atomic E-state index is 13.2. The molecule has 152 valence electrons. The molecule has 2 heterocycles. The van der Waals surface area contributed by atoms with Crippen LogP contribution in [-0.2, 0) is 14.4 Å². The van der Waals surface area contributed by atoms with Crippen LogP contribution in [0.15, 0.2) is 56.8 Å². The third-order valence-corrected chi connectivity index (χ3v) is 5.87. The quantitative estimate of drug-likeness (QED) is 0.642. The van der Waals surface area contributed by atoms with Crippen LogP contribution in [-0.4, -0.2) is 36.5 Å². The predicted octanol–water partition coefficient (Wildman–Crippen LogP) is 2.74. The molecule has 10 heteroatoms. The molecule has 30 heavy (non-hydrogen) atoms. The van der Waals surface area contributed by atoms with Crippen molar-refractivity contribution >= 4 is 67.5 Å². The van der Waals surface area contributed by atoms with Gasteiger partial charge in [-0.25, -0.2) is 0 Å². The number of amidine groups is 1. The first-order valence-electron chi connectivity index (χ1n) is 8.73. The van der Waals surface area contributed by atoms with E-state index in [1.165, 1.54) is 4.90 Å². The van der Waals surface area contributed by atoms with Gasteiger partial charge < -0.3 is 15.8 Å². The molecule has 0 bridgehead atoms. The van der Waals surface area contributed by atoms with Gasteiger partial charge in [0.25, 0.3) is 11.8 Å². The zero-order valence-electron chi connectivity index (χ0n) is 15.6. The molecule has 2 aromatic rings. The smallest absolute Gasteiger partial charge is 0.287 e. The van der Waals surface area contributed by atoms with Crippen LogP contribution >= 0.6 is 27.7 Å². The molecular formula is C20H15BrN4O4S. The van der Waals surface area contributed by atoms with Gasteiger partial charge in [-0.05, 0) is 54.2 Å². The molecular weight excluding hydrogens is 472 g/mol. The largest absolute Gasteiger partial charge is 0.497 e. The fourth-order valence-electron chi connectivity index (χ4n) is 3.18. The second-order valence-corrected chi connectivity index (χ2v) is 8.34. The lowest BCUT2D eigenvalue weighted by atomic mass is 10.1. The second kappa shape index (κ2) is 7.96. The van der Waals surface area contributed by atoms with Gasteiger partial charge in [-0.1, -0.05) is 15.9 Å². The molecule has 0 spiro atoms. The number of aliphatic imine (C=N–C) groups is 1. The van der Waals surface area contributed by atoms with Crippen LogP contribution in [0, 0.1) is 0 Å². The van der Waals surface area contributed by atoms with Crippen LogP contribution in [0.1, 0.15) is 5.56 Å². The monoisotopic (exact) mass is 486 g/mol. The van der Waals surface area contributed by atoms with Gasteiger partial charge in [0, 0.05) is 15.7 Å². The lowest BCUT2D eigenvalue weighted by Crippen LogP contribution is -2.35. The van der Waals surface area contributed by atoms with Crippen LogP contribution in [0.5, 0.6) is 5.75 Å². The number of nitrogens with zero attached hydrogens (tertiary/aromatic N) is 2. The molecule has 0 atom stereocenters. The summed E-state index contributed by atoms with van der Waals surface area (Å²) >= 11 is 4.34. The van der Waals surface area contributed by atoms with E-state index in [1.54, 1.807) is 49.6 Å². The van der Waals surface area contributed by atoms with Gasteiger partial charge in [0.2, 0.25) is 5.91 Å². The number of rotatable bonds is 4. The first-order chi connectivity index (χ1) is 14.4. The number of nitrogens with two attached hydrogens (primary N) is 1. The number of nitrogens with one attached hydrogen (secondary N) is 1. The minimum atomic E-state index is -0.559. The number of benzene rings is 2. The van der Waals surface area contributed by atoms with Gasteiger partial charge in [-0.2, -0.15) is 4.99 Å². The Hall–Kier alpha value is -3.11. The van der Waals surface area contributed by atoms with E-state index in [-0.39, 0.29) is 28.1 Å². The summed E-state index contributed by atoms with van der Waals surface area (Å²) < 4.78 is 5.84. The van der Waals surface area contributed by atoms with E-state index >= 15 is 0 Å². The van der Waals surface area contributed by atoms with Crippen LogP contribution in [0.2, 0.25) is 0 Å². The predicted molar refractivity (Wildman–Crippen MR) is 119 cm³/mol. The van der Waals surface area contributed by atoms with Gasteiger partial charge in [0.1, 0.15) is 12.3 Å². The Labute approximate surface area is 184 Å². The van der Waals surface area contributed by atoms with Crippen molar-refractivity contribution in [3.63, 3.8) is 0 Å². The van der Waals surface area contributed by atoms with E-state index in [2.05, 4.69) is 26.2 Å². The third-order valence-electron chi connectivity index (χ3n) is 4.49. The topological polar surface area (TPSA) is 114 Å². The van der Waals surface area contributed by atoms with E-state index < -0.39 is 11.8 Å². The van der Waals surface area contributed by atoms with Crippen molar-refractivity contribution in [2.75, 3.05) is 23.9 Å². The highest BCUT2D eigenvalue weighted by molar-refractivity contribution is 9.10. The molecule has 0 saturated heterocycles. The zero-order chi connectivity index (χ0) is 21.4. The Balaban J connectivity index is 1.63. The summed E-state index contributed by atoms with van der Waals surface area (Å²) in [6, 6.07) is 12.1. The highest BCUT2D eigenvalue weighted by Gasteiger charge is 2.39. The van der Waals surface area contributed by atoms with Crippen molar-refractivity contribution in [3.05, 3.63) is 57.4 Å². The first-order valence-corrected chi connectivity index (χ1v) is 10.3. The minimum Gasteiger partial charge on any atom is -0.497 e. The van der Waals surface area contributed by atoms with Gasteiger partial charge in [0.15, 0.2) is 5.17 Å². The number of hydrogen-bond donors (Lipinski definition) is 2. The van der Waals surface area contributed by atoms with E-state index in [0.717, 1.165) is 16.2 Å². The Morgan fingerprint density at radius 3 is 2.60 bits per heavy atom. The first kappa shape index (κ1) is 20.2. The van der Waals surface area contributed by atoms with Crippen LogP contribution < -0.4 is 20.7 Å². The molecule has 0 radical (unpaired) electrons. The van der Waals surface area contributed by atoms with Crippen LogP contribution in [0.4, 0.5) is 11.4 Å². The van der Waals surface area contributed by atoms with Crippen LogP contribution in [0.25, 0.3) is 5.57 Å². The van der Waals surface area contributed by atoms with Crippen molar-refractivity contribution in [2.24, 2.45) is 10.7 Å². The molecule has 3 N–H and O–H groups in total. The van der Waals surface area contributed by atoms with Gasteiger partial charge in [0.05, 0.1) is 23.3 Å². The zero-order valence-corrected chi connectivity index (χ0v) is 18.0. The molecule has 0 aromatic heterocycles. The molecule has 0 aliphatic carbocycles. The number of hydrogen-bond acceptors (Lipinski definition) is 6. The highest BCUT2D eigenvalue weighted by Crippen LogP contribution is 2.43. The van der Waals surface area contributed by atoms with Crippen molar-refractivity contribution in [1.29, 1.82) is 0 Å². The Morgan fingerprint density at radius 2 is 1.97 bits per heavy atom. The molecule has 0 unspecified atom stereocenters. The van der Waals surface area contributed by atoms with E-state index in [4.69, 9.17) is 10.5 Å². The van der Waals surface area contributed by atoms with Crippen LogP contribution in [0.3, 0.4) is 0 Å². The van der Waals surface area contributed by atoms with E-state index in [1.807, 2.05) is 0 Å². The number of thioether (sulfide) groups is 1. The van der Waals surface area contributed by atoms with Crippen molar-refractivity contribution in [2.45, 2.75) is 0 Å².